The first-order valence-electron chi connectivity index (χ1n) is 15.7. The van der Waals surface area contributed by atoms with Crippen molar-refractivity contribution in [3.63, 3.8) is 0 Å². The number of benzene rings is 3. The Balaban J connectivity index is 1.61. The second kappa shape index (κ2) is 15.3. The number of halogens is 3. The van der Waals surface area contributed by atoms with Crippen molar-refractivity contribution in [2.75, 3.05) is 62.7 Å². The van der Waals surface area contributed by atoms with Crippen molar-refractivity contribution in [3.05, 3.63) is 88.2 Å². The molecule has 1 saturated heterocycles. The number of piperazine rings is 1. The van der Waals surface area contributed by atoms with Crippen LogP contribution < -0.4 is 35.6 Å². The van der Waals surface area contributed by atoms with E-state index in [4.69, 9.17) is 9.47 Å². The van der Waals surface area contributed by atoms with Crippen LogP contribution in [0.15, 0.2) is 59.4 Å². The van der Waals surface area contributed by atoms with Gasteiger partial charge in [0.2, 0.25) is 5.91 Å². The standard InChI is InChI=1S/C34H36F3N7O7/c1-19(38-34(48)51-5)31(45)41-12-14-42(15-13-41)44-30(40-27-18-26(37)25(36)17-24(27)32(44)46)20(2)43(28-11-10-23(49-3)16-29(28)50-4)33(47)39-22-8-6-21(35)7-9-22/h6-11,16-20H,12-15H2,1-5H3,(H,38,48)(H,39,47)/t19-,20?/m1/s1. The Kier molecular flexibility index (Phi) is 10.9. The molecule has 1 aliphatic rings. The fraction of sp³-hybridized carbons (Fsp3) is 0.324. The summed E-state index contributed by atoms with van der Waals surface area (Å²) in [4.78, 5) is 60.5. The number of nitrogens with zero attached hydrogens (tertiary/aromatic N) is 5. The third-order valence-corrected chi connectivity index (χ3v) is 8.38. The number of alkyl carbamates (subject to hydrolysis) is 1. The van der Waals surface area contributed by atoms with Gasteiger partial charge in [0.05, 0.1) is 57.1 Å². The maximum absolute atomic E-state index is 14.5. The monoisotopic (exact) mass is 711 g/mol. The van der Waals surface area contributed by atoms with Gasteiger partial charge in [0.25, 0.3) is 5.56 Å². The lowest BCUT2D eigenvalue weighted by atomic mass is 10.1. The third kappa shape index (κ3) is 7.61. The second-order valence-corrected chi connectivity index (χ2v) is 11.5. The summed E-state index contributed by atoms with van der Waals surface area (Å²) >= 11 is 0. The topological polar surface area (TPSA) is 148 Å². The molecule has 5 rings (SSSR count). The molecule has 17 heteroatoms. The van der Waals surface area contributed by atoms with Gasteiger partial charge in [0.1, 0.15) is 23.4 Å². The lowest BCUT2D eigenvalue weighted by molar-refractivity contribution is -0.133. The average molecular weight is 712 g/mol. The molecule has 270 valence electrons. The zero-order valence-corrected chi connectivity index (χ0v) is 28.4. The van der Waals surface area contributed by atoms with Crippen molar-refractivity contribution in [2.24, 2.45) is 0 Å². The van der Waals surface area contributed by atoms with Gasteiger partial charge in [-0.1, -0.05) is 0 Å². The Bertz CT molecular complexity index is 2000. The first-order chi connectivity index (χ1) is 24.4. The van der Waals surface area contributed by atoms with Gasteiger partial charge in [-0.2, -0.15) is 0 Å². The second-order valence-electron chi connectivity index (χ2n) is 11.5. The van der Waals surface area contributed by atoms with Crippen LogP contribution in [0.1, 0.15) is 25.7 Å². The quantitative estimate of drug-likeness (QED) is 0.261. The molecule has 4 amide bonds. The molecule has 2 N–H and O–H groups in total. The Morgan fingerprint density at radius 2 is 1.55 bits per heavy atom. The minimum atomic E-state index is -1.25. The smallest absolute Gasteiger partial charge is 0.407 e. The first kappa shape index (κ1) is 36.3. The molecule has 0 radical (unpaired) electrons. The molecule has 14 nitrogen and oxygen atoms in total. The highest BCUT2D eigenvalue weighted by molar-refractivity contribution is 6.03. The summed E-state index contributed by atoms with van der Waals surface area (Å²) in [5, 5.41) is 6.52. The van der Waals surface area contributed by atoms with Gasteiger partial charge < -0.3 is 34.8 Å². The van der Waals surface area contributed by atoms with E-state index < -0.39 is 47.2 Å². The van der Waals surface area contributed by atoms with E-state index in [0.29, 0.717) is 5.75 Å². The van der Waals surface area contributed by atoms with Crippen molar-refractivity contribution >= 4 is 40.3 Å². The van der Waals surface area contributed by atoms with Gasteiger partial charge >= 0.3 is 12.1 Å². The number of methoxy groups -OCH3 is 3. The molecular formula is C34H36F3N7O7. The molecular weight excluding hydrogens is 675 g/mol. The van der Waals surface area contributed by atoms with Crippen LogP contribution in [0.3, 0.4) is 0 Å². The maximum Gasteiger partial charge on any atom is 0.407 e. The van der Waals surface area contributed by atoms with Crippen molar-refractivity contribution in [2.45, 2.75) is 25.9 Å². The van der Waals surface area contributed by atoms with Gasteiger partial charge in [-0.3, -0.25) is 14.5 Å². The third-order valence-electron chi connectivity index (χ3n) is 8.38. The van der Waals surface area contributed by atoms with Crippen LogP contribution in [0.4, 0.5) is 34.1 Å². The summed E-state index contributed by atoms with van der Waals surface area (Å²) in [7, 11) is 4.03. The largest absolute Gasteiger partial charge is 0.497 e. The number of aromatic nitrogens is 2. The Morgan fingerprint density at radius 1 is 0.882 bits per heavy atom. The minimum absolute atomic E-state index is 0.0360. The molecule has 2 atom stereocenters. The molecule has 1 aliphatic heterocycles. The first-order valence-corrected chi connectivity index (χ1v) is 15.7. The Hall–Kier alpha value is -6.00. The van der Waals surface area contributed by atoms with Gasteiger partial charge in [-0.25, -0.2) is 32.4 Å². The highest BCUT2D eigenvalue weighted by Crippen LogP contribution is 2.37. The van der Waals surface area contributed by atoms with Crippen LogP contribution in [0, 0.1) is 17.5 Å². The normalized spacial score (nSPS) is 14.0. The van der Waals surface area contributed by atoms with E-state index in [1.165, 1.54) is 67.0 Å². The average Bonchev–Trinajstić information content (AvgIpc) is 3.13. The molecule has 0 bridgehead atoms. The van der Waals surface area contributed by atoms with Gasteiger partial charge in [0.15, 0.2) is 17.5 Å². The number of hydrogen-bond donors (Lipinski definition) is 2. The molecule has 51 heavy (non-hydrogen) atoms. The number of carbonyl (C=O) groups is 3. The number of urea groups is 1. The molecule has 0 aliphatic carbocycles. The van der Waals surface area contributed by atoms with Gasteiger partial charge in [-0.15, -0.1) is 0 Å². The molecule has 1 aromatic heterocycles. The number of anilines is 2. The summed E-state index contributed by atoms with van der Waals surface area (Å²) in [5.74, 6) is -2.78. The van der Waals surface area contributed by atoms with E-state index in [-0.39, 0.29) is 65.9 Å². The fourth-order valence-electron chi connectivity index (χ4n) is 5.73. The number of hydrogen-bond acceptors (Lipinski definition) is 9. The summed E-state index contributed by atoms with van der Waals surface area (Å²) in [5.41, 5.74) is -0.431. The number of rotatable bonds is 9. The van der Waals surface area contributed by atoms with Gasteiger partial charge in [0, 0.05) is 30.9 Å². The van der Waals surface area contributed by atoms with Crippen LogP contribution in [-0.2, 0) is 9.53 Å². The van der Waals surface area contributed by atoms with Crippen molar-refractivity contribution in [1.82, 2.24) is 19.9 Å². The molecule has 1 unspecified atom stereocenters. The molecule has 4 aromatic rings. The molecule has 0 saturated carbocycles. The SMILES string of the molecule is COC(=O)N[C@H](C)C(=O)N1CCN(n2c(C(C)N(C(=O)Nc3ccc(F)cc3)c3ccc(OC)cc3OC)nc3cc(F)c(F)cc3c2=O)CC1. The van der Waals surface area contributed by atoms with E-state index in [0.717, 1.165) is 12.1 Å². The summed E-state index contributed by atoms with van der Waals surface area (Å²) < 4.78 is 59.4. The fourth-order valence-corrected chi connectivity index (χ4v) is 5.73. The van der Waals surface area contributed by atoms with E-state index in [9.17, 15) is 32.3 Å². The summed E-state index contributed by atoms with van der Waals surface area (Å²) in [6.07, 6.45) is -0.771. The zero-order valence-electron chi connectivity index (χ0n) is 28.4. The van der Waals surface area contributed by atoms with Crippen molar-refractivity contribution in [1.29, 1.82) is 0 Å². The molecule has 2 heterocycles. The number of ether oxygens (including phenoxy) is 3. The zero-order chi connectivity index (χ0) is 37.0. The number of carbonyl (C=O) groups excluding carboxylic acids is 3. The lowest BCUT2D eigenvalue weighted by Crippen LogP contribution is -2.59. The van der Waals surface area contributed by atoms with Crippen molar-refractivity contribution in [3.8, 4) is 11.5 Å². The summed E-state index contributed by atoms with van der Waals surface area (Å²) in [6.45, 7) is 3.49. The number of fused-ring (bicyclic) bond motifs is 1. The predicted octanol–water partition coefficient (Wildman–Crippen LogP) is 4.16. The van der Waals surface area contributed by atoms with Crippen LogP contribution in [0.25, 0.3) is 10.9 Å². The molecule has 1 fully saturated rings. The lowest BCUT2D eigenvalue weighted by Gasteiger charge is -2.39. The van der Waals surface area contributed by atoms with E-state index >= 15 is 0 Å². The van der Waals surface area contributed by atoms with E-state index in [2.05, 4.69) is 20.4 Å². The Morgan fingerprint density at radius 3 is 2.18 bits per heavy atom. The van der Waals surface area contributed by atoms with Crippen LogP contribution in [-0.4, -0.2) is 86.1 Å². The number of amides is 4. The van der Waals surface area contributed by atoms with Crippen molar-refractivity contribution < 1.29 is 41.8 Å². The van der Waals surface area contributed by atoms with E-state index in [1.54, 1.807) is 30.1 Å². The van der Waals surface area contributed by atoms with Gasteiger partial charge in [-0.05, 0) is 56.3 Å². The number of nitrogens with one attached hydrogen (secondary N) is 2. The Labute approximate surface area is 290 Å². The van der Waals surface area contributed by atoms with Crippen LogP contribution in [0.2, 0.25) is 0 Å². The molecule has 0 spiro atoms. The maximum atomic E-state index is 14.5. The highest BCUT2D eigenvalue weighted by Gasteiger charge is 2.34. The predicted molar refractivity (Wildman–Crippen MR) is 181 cm³/mol. The van der Waals surface area contributed by atoms with Crippen LogP contribution >= 0.6 is 0 Å². The van der Waals surface area contributed by atoms with E-state index in [1.807, 2.05) is 0 Å². The highest BCUT2D eigenvalue weighted by atomic mass is 19.2. The summed E-state index contributed by atoms with van der Waals surface area (Å²) in [6, 6.07) is 8.60. The van der Waals surface area contributed by atoms with Crippen LogP contribution in [0.5, 0.6) is 11.5 Å². The molecule has 3 aromatic carbocycles. The minimum Gasteiger partial charge on any atom is -0.497 e.